The Hall–Kier alpha value is -1.03. The number of hydrogen-bond acceptors (Lipinski definition) is 3. The molecule has 1 saturated heterocycles. The van der Waals surface area contributed by atoms with Gasteiger partial charge in [0.25, 0.3) is 0 Å². The van der Waals surface area contributed by atoms with Crippen LogP contribution in [0.2, 0.25) is 0 Å². The quantitative estimate of drug-likeness (QED) is 0.674. The molecule has 0 amide bonds. The van der Waals surface area contributed by atoms with Crippen molar-refractivity contribution >= 4 is 5.69 Å². The lowest BCUT2D eigenvalue weighted by atomic mass is 10.4. The van der Waals surface area contributed by atoms with Gasteiger partial charge in [0.15, 0.2) is 0 Å². The third-order valence-electron chi connectivity index (χ3n) is 2.32. The van der Waals surface area contributed by atoms with E-state index in [1.807, 2.05) is 10.9 Å². The molecule has 0 unspecified atom stereocenters. The predicted molar refractivity (Wildman–Crippen MR) is 50.9 cm³/mol. The van der Waals surface area contributed by atoms with Crippen molar-refractivity contribution in [3.05, 3.63) is 12.4 Å². The van der Waals surface area contributed by atoms with Crippen molar-refractivity contribution in [3.63, 3.8) is 0 Å². The van der Waals surface area contributed by atoms with E-state index in [9.17, 15) is 0 Å². The van der Waals surface area contributed by atoms with Crippen LogP contribution in [0.4, 0.5) is 5.69 Å². The molecule has 0 radical (unpaired) electrons. The van der Waals surface area contributed by atoms with Gasteiger partial charge >= 0.3 is 0 Å². The van der Waals surface area contributed by atoms with Gasteiger partial charge in [-0.15, -0.1) is 0 Å². The molecule has 0 atom stereocenters. The standard InChI is InChI=1S/C9H15N3O/c1-2-12-8-9(7-10-12)11-3-5-13-6-4-11/h7-8H,2-6H2,1H3. The van der Waals surface area contributed by atoms with Crippen molar-refractivity contribution in [2.24, 2.45) is 0 Å². The molecular formula is C9H15N3O. The second kappa shape index (κ2) is 3.79. The molecule has 0 saturated carbocycles. The molecule has 2 rings (SSSR count). The first-order valence-corrected chi connectivity index (χ1v) is 4.75. The summed E-state index contributed by atoms with van der Waals surface area (Å²) in [6.07, 6.45) is 4.01. The van der Waals surface area contributed by atoms with Gasteiger partial charge in [0.05, 0.1) is 25.1 Å². The van der Waals surface area contributed by atoms with Gasteiger partial charge in [-0.3, -0.25) is 4.68 Å². The van der Waals surface area contributed by atoms with Gasteiger partial charge in [-0.1, -0.05) is 0 Å². The lowest BCUT2D eigenvalue weighted by Crippen LogP contribution is -2.35. The molecule has 0 N–H and O–H groups in total. The summed E-state index contributed by atoms with van der Waals surface area (Å²) < 4.78 is 7.23. The zero-order chi connectivity index (χ0) is 9.10. The smallest absolute Gasteiger partial charge is 0.0754 e. The van der Waals surface area contributed by atoms with Gasteiger partial charge in [-0.2, -0.15) is 5.10 Å². The van der Waals surface area contributed by atoms with E-state index in [-0.39, 0.29) is 0 Å². The largest absolute Gasteiger partial charge is 0.378 e. The van der Waals surface area contributed by atoms with Gasteiger partial charge < -0.3 is 9.64 Å². The minimum Gasteiger partial charge on any atom is -0.378 e. The number of morpholine rings is 1. The highest BCUT2D eigenvalue weighted by molar-refractivity contribution is 5.42. The fourth-order valence-corrected chi connectivity index (χ4v) is 1.51. The van der Waals surface area contributed by atoms with Crippen LogP contribution in [0.15, 0.2) is 12.4 Å². The average Bonchev–Trinajstić information content (AvgIpc) is 2.67. The van der Waals surface area contributed by atoms with Crippen LogP contribution in [0.25, 0.3) is 0 Å². The molecule has 1 aliphatic heterocycles. The van der Waals surface area contributed by atoms with Crippen LogP contribution >= 0.6 is 0 Å². The van der Waals surface area contributed by atoms with Crippen molar-refractivity contribution in [1.82, 2.24) is 9.78 Å². The molecule has 2 heterocycles. The number of aryl methyl sites for hydroxylation is 1. The average molecular weight is 181 g/mol. The number of nitrogens with zero attached hydrogens (tertiary/aromatic N) is 3. The van der Waals surface area contributed by atoms with E-state index in [0.717, 1.165) is 32.8 Å². The summed E-state index contributed by atoms with van der Waals surface area (Å²) in [6.45, 7) is 6.65. The van der Waals surface area contributed by atoms with Crippen LogP contribution in [0.5, 0.6) is 0 Å². The lowest BCUT2D eigenvalue weighted by molar-refractivity contribution is 0.122. The fraction of sp³-hybridized carbons (Fsp3) is 0.667. The second-order valence-corrected chi connectivity index (χ2v) is 3.15. The number of ether oxygens (including phenoxy) is 1. The summed E-state index contributed by atoms with van der Waals surface area (Å²) in [5.41, 5.74) is 1.21. The van der Waals surface area contributed by atoms with Gasteiger partial charge in [0, 0.05) is 25.8 Å². The lowest BCUT2D eigenvalue weighted by Gasteiger charge is -2.27. The summed E-state index contributed by atoms with van der Waals surface area (Å²) >= 11 is 0. The number of aromatic nitrogens is 2. The third-order valence-corrected chi connectivity index (χ3v) is 2.32. The first-order chi connectivity index (χ1) is 6.40. The normalized spacial score (nSPS) is 17.8. The van der Waals surface area contributed by atoms with Crippen molar-refractivity contribution in [2.45, 2.75) is 13.5 Å². The van der Waals surface area contributed by atoms with Crippen LogP contribution in [0.1, 0.15) is 6.92 Å². The SMILES string of the molecule is CCn1cc(N2CCOCC2)cn1. The van der Waals surface area contributed by atoms with Crippen LogP contribution in [0, 0.1) is 0 Å². The maximum Gasteiger partial charge on any atom is 0.0754 e. The Morgan fingerprint density at radius 1 is 1.46 bits per heavy atom. The van der Waals surface area contributed by atoms with Crippen LogP contribution in [-0.2, 0) is 11.3 Å². The maximum atomic E-state index is 5.29. The Morgan fingerprint density at radius 3 is 2.85 bits per heavy atom. The molecule has 0 bridgehead atoms. The van der Waals surface area contributed by atoms with E-state index in [2.05, 4.69) is 23.1 Å². The molecule has 1 fully saturated rings. The second-order valence-electron chi connectivity index (χ2n) is 3.15. The third kappa shape index (κ3) is 1.83. The Labute approximate surface area is 78.1 Å². The van der Waals surface area contributed by atoms with Gasteiger partial charge in [0.1, 0.15) is 0 Å². The predicted octanol–water partition coefficient (Wildman–Crippen LogP) is 0.740. The summed E-state index contributed by atoms with van der Waals surface area (Å²) in [5.74, 6) is 0. The molecular weight excluding hydrogens is 166 g/mol. The first-order valence-electron chi connectivity index (χ1n) is 4.75. The van der Waals surface area contributed by atoms with Crippen LogP contribution < -0.4 is 4.90 Å². The number of rotatable bonds is 2. The molecule has 1 aromatic heterocycles. The minimum absolute atomic E-state index is 0.831. The van der Waals surface area contributed by atoms with E-state index in [0.29, 0.717) is 0 Å². The molecule has 0 spiro atoms. The maximum absolute atomic E-state index is 5.29. The molecule has 4 heteroatoms. The molecule has 13 heavy (non-hydrogen) atoms. The topological polar surface area (TPSA) is 30.3 Å². The monoisotopic (exact) mass is 181 g/mol. The molecule has 0 aromatic carbocycles. The van der Waals surface area contributed by atoms with Gasteiger partial charge in [-0.05, 0) is 6.92 Å². The molecule has 0 aliphatic carbocycles. The van der Waals surface area contributed by atoms with Crippen LogP contribution in [-0.4, -0.2) is 36.1 Å². The zero-order valence-electron chi connectivity index (χ0n) is 7.94. The van der Waals surface area contributed by atoms with E-state index < -0.39 is 0 Å². The highest BCUT2D eigenvalue weighted by atomic mass is 16.5. The molecule has 1 aromatic rings. The Bertz CT molecular complexity index is 266. The summed E-state index contributed by atoms with van der Waals surface area (Å²) in [5, 5.41) is 4.24. The summed E-state index contributed by atoms with van der Waals surface area (Å²) in [7, 11) is 0. The van der Waals surface area contributed by atoms with Gasteiger partial charge in [0.2, 0.25) is 0 Å². The summed E-state index contributed by atoms with van der Waals surface area (Å²) in [6, 6.07) is 0. The zero-order valence-corrected chi connectivity index (χ0v) is 7.94. The number of hydrogen-bond donors (Lipinski definition) is 0. The van der Waals surface area contributed by atoms with Crippen molar-refractivity contribution in [1.29, 1.82) is 0 Å². The highest BCUT2D eigenvalue weighted by Crippen LogP contribution is 2.13. The van der Waals surface area contributed by atoms with Crippen molar-refractivity contribution < 1.29 is 4.74 Å². The minimum atomic E-state index is 0.831. The number of anilines is 1. The molecule has 72 valence electrons. The molecule has 1 aliphatic rings. The Kier molecular flexibility index (Phi) is 2.49. The van der Waals surface area contributed by atoms with Crippen molar-refractivity contribution in [2.75, 3.05) is 31.2 Å². The first kappa shape index (κ1) is 8.56. The van der Waals surface area contributed by atoms with Gasteiger partial charge in [-0.25, -0.2) is 0 Å². The molecule has 4 nitrogen and oxygen atoms in total. The van der Waals surface area contributed by atoms with E-state index in [1.165, 1.54) is 5.69 Å². The highest BCUT2D eigenvalue weighted by Gasteiger charge is 2.12. The van der Waals surface area contributed by atoms with E-state index in [1.54, 1.807) is 0 Å². The Morgan fingerprint density at radius 2 is 2.23 bits per heavy atom. The van der Waals surface area contributed by atoms with E-state index >= 15 is 0 Å². The van der Waals surface area contributed by atoms with Crippen LogP contribution in [0.3, 0.4) is 0 Å². The Balaban J connectivity index is 2.05. The van der Waals surface area contributed by atoms with E-state index in [4.69, 9.17) is 4.74 Å². The summed E-state index contributed by atoms with van der Waals surface area (Å²) in [4.78, 5) is 2.31. The van der Waals surface area contributed by atoms with Crippen molar-refractivity contribution in [3.8, 4) is 0 Å². The fourth-order valence-electron chi connectivity index (χ4n) is 1.51.